The fraction of sp³-hybridized carbons (Fsp3) is 0.333. The van der Waals surface area contributed by atoms with E-state index in [0.717, 1.165) is 5.56 Å². The van der Waals surface area contributed by atoms with Gasteiger partial charge in [0.15, 0.2) is 11.5 Å². The van der Waals surface area contributed by atoms with Crippen molar-refractivity contribution in [1.29, 1.82) is 0 Å². The molecule has 0 aliphatic carbocycles. The number of phenols is 1. The zero-order valence-electron chi connectivity index (χ0n) is 7.93. The van der Waals surface area contributed by atoms with Crippen molar-refractivity contribution >= 4 is 12.4 Å². The van der Waals surface area contributed by atoms with Crippen LogP contribution in [0.25, 0.3) is 0 Å². The van der Waals surface area contributed by atoms with Crippen LogP contribution in [0.3, 0.4) is 0 Å². The van der Waals surface area contributed by atoms with Crippen LogP contribution in [0.4, 0.5) is 0 Å². The highest BCUT2D eigenvalue weighted by Gasteiger charge is 2.07. The summed E-state index contributed by atoms with van der Waals surface area (Å²) < 4.78 is 4.93. The van der Waals surface area contributed by atoms with Gasteiger partial charge in [-0.05, 0) is 17.7 Å². The highest BCUT2D eigenvalue weighted by atomic mass is 35.5. The Morgan fingerprint density at radius 2 is 2.14 bits per heavy atom. The number of nitrogens with two attached hydrogens (primary N) is 2. The van der Waals surface area contributed by atoms with Gasteiger partial charge in [-0.1, -0.05) is 6.07 Å². The van der Waals surface area contributed by atoms with Gasteiger partial charge in [-0.15, -0.1) is 12.4 Å². The van der Waals surface area contributed by atoms with Gasteiger partial charge in [-0.25, -0.2) is 0 Å². The van der Waals surface area contributed by atoms with Crippen LogP contribution in [-0.4, -0.2) is 18.8 Å². The molecule has 0 unspecified atom stereocenters. The van der Waals surface area contributed by atoms with Gasteiger partial charge in [0, 0.05) is 12.6 Å². The number of benzene rings is 1. The van der Waals surface area contributed by atoms with Gasteiger partial charge in [0.05, 0.1) is 7.11 Å². The predicted molar refractivity (Wildman–Crippen MR) is 57.9 cm³/mol. The van der Waals surface area contributed by atoms with Gasteiger partial charge in [-0.3, -0.25) is 0 Å². The molecule has 4 nitrogen and oxygen atoms in total. The highest BCUT2D eigenvalue weighted by molar-refractivity contribution is 5.85. The summed E-state index contributed by atoms with van der Waals surface area (Å²) in [5.41, 5.74) is 12.0. The first-order valence-corrected chi connectivity index (χ1v) is 4.01. The van der Waals surface area contributed by atoms with E-state index in [-0.39, 0.29) is 24.2 Å². The maximum Gasteiger partial charge on any atom is 0.160 e. The third-order valence-corrected chi connectivity index (χ3v) is 1.89. The molecule has 0 aliphatic rings. The number of rotatable bonds is 3. The topological polar surface area (TPSA) is 81.5 Å². The lowest BCUT2D eigenvalue weighted by molar-refractivity contribution is 0.372. The summed E-state index contributed by atoms with van der Waals surface area (Å²) in [4.78, 5) is 0. The van der Waals surface area contributed by atoms with Crippen LogP contribution in [0.15, 0.2) is 18.2 Å². The molecule has 0 radical (unpaired) electrons. The Morgan fingerprint density at radius 1 is 1.50 bits per heavy atom. The summed E-state index contributed by atoms with van der Waals surface area (Å²) in [6.45, 7) is 0.369. The maximum absolute atomic E-state index is 9.29. The summed E-state index contributed by atoms with van der Waals surface area (Å²) in [6.07, 6.45) is 0. The molecule has 1 rings (SSSR count). The first-order chi connectivity index (χ1) is 6.19. The molecule has 0 spiro atoms. The number of methoxy groups -OCH3 is 1. The van der Waals surface area contributed by atoms with E-state index >= 15 is 0 Å². The molecule has 14 heavy (non-hydrogen) atoms. The normalized spacial score (nSPS) is 11.6. The van der Waals surface area contributed by atoms with E-state index in [1.54, 1.807) is 18.2 Å². The maximum atomic E-state index is 9.29. The molecular formula is C9H15ClN2O2. The van der Waals surface area contributed by atoms with Crippen LogP contribution < -0.4 is 16.2 Å². The lowest BCUT2D eigenvalue weighted by Crippen LogP contribution is -2.20. The van der Waals surface area contributed by atoms with Crippen LogP contribution in [0.1, 0.15) is 11.6 Å². The molecule has 0 saturated carbocycles. The number of ether oxygens (including phenoxy) is 1. The van der Waals surface area contributed by atoms with E-state index < -0.39 is 0 Å². The van der Waals surface area contributed by atoms with Crippen LogP contribution in [0.5, 0.6) is 11.5 Å². The van der Waals surface area contributed by atoms with E-state index in [0.29, 0.717) is 12.3 Å². The second-order valence-electron chi connectivity index (χ2n) is 2.77. The predicted octanol–water partition coefficient (Wildman–Crippen LogP) is 0.781. The molecule has 0 heterocycles. The average Bonchev–Trinajstić information content (AvgIpc) is 2.17. The van der Waals surface area contributed by atoms with E-state index in [2.05, 4.69) is 0 Å². The Labute approximate surface area is 89.3 Å². The van der Waals surface area contributed by atoms with E-state index in [1.807, 2.05) is 0 Å². The molecule has 5 N–H and O–H groups in total. The minimum absolute atomic E-state index is 0. The van der Waals surface area contributed by atoms with Crippen LogP contribution in [0, 0.1) is 0 Å². The van der Waals surface area contributed by atoms with Crippen molar-refractivity contribution in [3.63, 3.8) is 0 Å². The molecule has 1 atom stereocenters. The molecule has 0 aromatic heterocycles. The largest absolute Gasteiger partial charge is 0.504 e. The molecule has 0 aliphatic heterocycles. The van der Waals surface area contributed by atoms with Crippen molar-refractivity contribution in [2.24, 2.45) is 11.5 Å². The molecule has 0 fully saturated rings. The third kappa shape index (κ3) is 2.77. The molecule has 1 aromatic rings. The molecule has 0 bridgehead atoms. The second-order valence-corrected chi connectivity index (χ2v) is 2.77. The molecule has 80 valence electrons. The van der Waals surface area contributed by atoms with Crippen molar-refractivity contribution in [3.8, 4) is 11.5 Å². The fourth-order valence-corrected chi connectivity index (χ4v) is 1.06. The number of aromatic hydroxyl groups is 1. The smallest absolute Gasteiger partial charge is 0.160 e. The molecule has 0 amide bonds. The molecule has 0 saturated heterocycles. The fourth-order valence-electron chi connectivity index (χ4n) is 1.06. The van der Waals surface area contributed by atoms with Crippen molar-refractivity contribution in [1.82, 2.24) is 0 Å². The lowest BCUT2D eigenvalue weighted by Gasteiger charge is -2.11. The minimum Gasteiger partial charge on any atom is -0.504 e. The summed E-state index contributed by atoms with van der Waals surface area (Å²) in [6, 6.07) is 4.75. The van der Waals surface area contributed by atoms with Gasteiger partial charge in [0.1, 0.15) is 0 Å². The average molecular weight is 219 g/mol. The third-order valence-electron chi connectivity index (χ3n) is 1.89. The number of hydrogen-bond donors (Lipinski definition) is 3. The molecule has 1 aromatic carbocycles. The van der Waals surface area contributed by atoms with E-state index in [4.69, 9.17) is 16.2 Å². The summed E-state index contributed by atoms with van der Waals surface area (Å²) in [5, 5.41) is 9.29. The zero-order chi connectivity index (χ0) is 9.84. The molecular weight excluding hydrogens is 204 g/mol. The van der Waals surface area contributed by atoms with Crippen LogP contribution >= 0.6 is 12.4 Å². The first-order valence-electron chi connectivity index (χ1n) is 4.01. The van der Waals surface area contributed by atoms with Crippen LogP contribution in [-0.2, 0) is 0 Å². The Morgan fingerprint density at radius 3 is 2.64 bits per heavy atom. The van der Waals surface area contributed by atoms with Gasteiger partial charge >= 0.3 is 0 Å². The summed E-state index contributed by atoms with van der Waals surface area (Å²) in [7, 11) is 1.49. The summed E-state index contributed by atoms with van der Waals surface area (Å²) in [5.74, 6) is 0.525. The zero-order valence-corrected chi connectivity index (χ0v) is 8.75. The lowest BCUT2D eigenvalue weighted by atomic mass is 10.1. The SMILES string of the molecule is COc1cc([C@@H](N)CN)ccc1O.Cl. The standard InChI is InChI=1S/C9H14N2O2.ClH/c1-13-9-4-6(7(11)5-10)2-3-8(9)12;/h2-4,7,12H,5,10-11H2,1H3;1H/t7-;/m0./s1. The van der Waals surface area contributed by atoms with Crippen LogP contribution in [0.2, 0.25) is 0 Å². The van der Waals surface area contributed by atoms with Crippen molar-refractivity contribution in [2.75, 3.05) is 13.7 Å². The Hall–Kier alpha value is -0.970. The highest BCUT2D eigenvalue weighted by Crippen LogP contribution is 2.27. The number of phenolic OH excluding ortho intramolecular Hbond substituents is 1. The van der Waals surface area contributed by atoms with Gasteiger partial charge in [0.25, 0.3) is 0 Å². The van der Waals surface area contributed by atoms with Crippen molar-refractivity contribution < 1.29 is 9.84 Å². The van der Waals surface area contributed by atoms with Gasteiger partial charge in [-0.2, -0.15) is 0 Å². The van der Waals surface area contributed by atoms with Gasteiger partial charge < -0.3 is 21.3 Å². The summed E-state index contributed by atoms with van der Waals surface area (Å²) >= 11 is 0. The van der Waals surface area contributed by atoms with Gasteiger partial charge in [0.2, 0.25) is 0 Å². The van der Waals surface area contributed by atoms with E-state index in [1.165, 1.54) is 7.11 Å². The van der Waals surface area contributed by atoms with Crippen molar-refractivity contribution in [3.05, 3.63) is 23.8 Å². The monoisotopic (exact) mass is 218 g/mol. The Kier molecular flexibility index (Phi) is 5.30. The first kappa shape index (κ1) is 13.0. The quantitative estimate of drug-likeness (QED) is 0.701. The number of halogens is 1. The van der Waals surface area contributed by atoms with Crippen molar-refractivity contribution in [2.45, 2.75) is 6.04 Å². The molecule has 5 heteroatoms. The second kappa shape index (κ2) is 5.70. The Bertz CT molecular complexity index is 294. The Balaban J connectivity index is 0.00000169. The number of hydrogen-bond acceptors (Lipinski definition) is 4. The minimum atomic E-state index is -0.213. The van der Waals surface area contributed by atoms with E-state index in [9.17, 15) is 5.11 Å².